The van der Waals surface area contributed by atoms with E-state index in [0.717, 1.165) is 38.3 Å². The van der Waals surface area contributed by atoms with Gasteiger partial charge in [0.1, 0.15) is 5.82 Å². The van der Waals surface area contributed by atoms with Gasteiger partial charge >= 0.3 is 0 Å². The van der Waals surface area contributed by atoms with Crippen molar-refractivity contribution in [1.29, 1.82) is 0 Å². The van der Waals surface area contributed by atoms with Gasteiger partial charge in [0, 0.05) is 6.08 Å². The maximum Gasteiger partial charge on any atom is 0.246 e. The number of nitrogens with zero attached hydrogens (tertiary/aromatic N) is 1. The van der Waals surface area contributed by atoms with E-state index in [1.165, 1.54) is 12.1 Å². The summed E-state index contributed by atoms with van der Waals surface area (Å²) in [5, 5.41) is 0. The highest BCUT2D eigenvalue weighted by Crippen LogP contribution is 2.05. The van der Waals surface area contributed by atoms with Gasteiger partial charge in [0.25, 0.3) is 0 Å². The fraction of sp³-hybridized carbons (Fsp3) is 0.400. The van der Waals surface area contributed by atoms with Crippen LogP contribution in [0.15, 0.2) is 30.3 Å². The Morgan fingerprint density at radius 2 is 1.95 bits per heavy atom. The van der Waals surface area contributed by atoms with E-state index >= 15 is 0 Å². The number of quaternary nitrogens is 1. The molecule has 1 aromatic rings. The first-order valence-electron chi connectivity index (χ1n) is 6.75. The van der Waals surface area contributed by atoms with Crippen molar-refractivity contribution in [2.24, 2.45) is 0 Å². The van der Waals surface area contributed by atoms with Crippen LogP contribution in [0.5, 0.6) is 0 Å². The topological polar surface area (TPSA) is 24.8 Å². The first-order chi connectivity index (χ1) is 9.19. The number of amides is 1. The molecule has 1 aromatic carbocycles. The Kier molecular flexibility index (Phi) is 4.68. The molecule has 0 aromatic heterocycles. The van der Waals surface area contributed by atoms with Crippen LogP contribution in [0.1, 0.15) is 12.5 Å². The van der Waals surface area contributed by atoms with E-state index in [1.54, 1.807) is 29.2 Å². The first-order valence-corrected chi connectivity index (χ1v) is 6.75. The van der Waals surface area contributed by atoms with Crippen LogP contribution in [-0.2, 0) is 4.79 Å². The lowest BCUT2D eigenvalue weighted by atomic mass is 10.2. The molecular weight excluding hydrogens is 243 g/mol. The van der Waals surface area contributed by atoms with Crippen LogP contribution in [0.25, 0.3) is 6.08 Å². The van der Waals surface area contributed by atoms with Crippen molar-refractivity contribution < 1.29 is 14.1 Å². The standard InChI is InChI=1S/C15H19FN2O/c1-2-17-9-11-18(12-10-17)15(19)8-5-13-3-6-14(16)7-4-13/h3-8H,2,9-12H2,1H3/p+1. The molecule has 1 amide bonds. The molecule has 0 radical (unpaired) electrons. The van der Waals surface area contributed by atoms with Gasteiger partial charge in [0.2, 0.25) is 5.91 Å². The molecule has 0 aliphatic carbocycles. The van der Waals surface area contributed by atoms with Crippen molar-refractivity contribution >= 4 is 12.0 Å². The Morgan fingerprint density at radius 1 is 1.32 bits per heavy atom. The smallest absolute Gasteiger partial charge is 0.246 e. The zero-order valence-corrected chi connectivity index (χ0v) is 11.2. The van der Waals surface area contributed by atoms with Gasteiger partial charge in [-0.25, -0.2) is 4.39 Å². The normalized spacial score (nSPS) is 17.1. The average Bonchev–Trinajstić information content (AvgIpc) is 2.46. The molecule has 0 spiro atoms. The van der Waals surface area contributed by atoms with Crippen molar-refractivity contribution in [2.75, 3.05) is 32.7 Å². The number of hydrogen-bond donors (Lipinski definition) is 1. The molecule has 19 heavy (non-hydrogen) atoms. The third-order valence-corrected chi connectivity index (χ3v) is 3.57. The van der Waals surface area contributed by atoms with E-state index in [1.807, 2.05) is 4.90 Å². The van der Waals surface area contributed by atoms with Crippen molar-refractivity contribution in [3.05, 3.63) is 41.7 Å². The minimum absolute atomic E-state index is 0.0412. The number of carbonyl (C=O) groups excluding carboxylic acids is 1. The van der Waals surface area contributed by atoms with Crippen LogP contribution >= 0.6 is 0 Å². The van der Waals surface area contributed by atoms with E-state index in [-0.39, 0.29) is 11.7 Å². The van der Waals surface area contributed by atoms with Crippen LogP contribution in [-0.4, -0.2) is 43.5 Å². The molecule has 2 rings (SSSR count). The number of halogens is 1. The number of benzene rings is 1. The molecule has 3 nitrogen and oxygen atoms in total. The number of carbonyl (C=O) groups is 1. The molecule has 0 saturated carbocycles. The van der Waals surface area contributed by atoms with Crippen molar-refractivity contribution in [3.63, 3.8) is 0 Å². The molecule has 1 aliphatic rings. The minimum atomic E-state index is -0.262. The third-order valence-electron chi connectivity index (χ3n) is 3.57. The van der Waals surface area contributed by atoms with Crippen molar-refractivity contribution in [1.82, 2.24) is 4.90 Å². The number of hydrogen-bond acceptors (Lipinski definition) is 1. The number of likely N-dealkylation sites (N-methyl/N-ethyl adjacent to an activating group) is 1. The molecular formula is C15H20FN2O+. The maximum absolute atomic E-state index is 12.7. The van der Waals surface area contributed by atoms with E-state index in [0.29, 0.717) is 0 Å². The van der Waals surface area contributed by atoms with Crippen LogP contribution in [0, 0.1) is 5.82 Å². The summed E-state index contributed by atoms with van der Waals surface area (Å²) in [6.07, 6.45) is 3.31. The second-order valence-electron chi connectivity index (χ2n) is 4.81. The van der Waals surface area contributed by atoms with Gasteiger partial charge in [-0.3, -0.25) is 4.79 Å². The molecule has 0 atom stereocenters. The molecule has 0 unspecified atom stereocenters. The van der Waals surface area contributed by atoms with Gasteiger partial charge in [-0.1, -0.05) is 12.1 Å². The first kappa shape index (κ1) is 13.7. The molecule has 1 aliphatic heterocycles. The monoisotopic (exact) mass is 263 g/mol. The summed E-state index contributed by atoms with van der Waals surface area (Å²) in [5.74, 6) is -0.221. The Hall–Kier alpha value is -1.68. The Labute approximate surface area is 113 Å². The van der Waals surface area contributed by atoms with Crippen LogP contribution in [0.4, 0.5) is 4.39 Å². The van der Waals surface area contributed by atoms with Gasteiger partial charge in [-0.2, -0.15) is 0 Å². The van der Waals surface area contributed by atoms with Gasteiger partial charge in [-0.05, 0) is 30.7 Å². The molecule has 1 N–H and O–H groups in total. The lowest BCUT2D eigenvalue weighted by Gasteiger charge is -2.30. The summed E-state index contributed by atoms with van der Waals surface area (Å²) in [4.78, 5) is 15.4. The van der Waals surface area contributed by atoms with Crippen molar-refractivity contribution in [3.8, 4) is 0 Å². The molecule has 1 fully saturated rings. The average molecular weight is 263 g/mol. The number of rotatable bonds is 3. The maximum atomic E-state index is 12.7. The lowest BCUT2D eigenvalue weighted by Crippen LogP contribution is -3.14. The quantitative estimate of drug-likeness (QED) is 0.793. The van der Waals surface area contributed by atoms with E-state index < -0.39 is 0 Å². The van der Waals surface area contributed by atoms with Crippen molar-refractivity contribution in [2.45, 2.75) is 6.92 Å². The second-order valence-corrected chi connectivity index (χ2v) is 4.81. The highest BCUT2D eigenvalue weighted by atomic mass is 19.1. The van der Waals surface area contributed by atoms with Gasteiger partial charge in [0.05, 0.1) is 32.7 Å². The summed E-state index contributed by atoms with van der Waals surface area (Å²) < 4.78 is 12.7. The van der Waals surface area contributed by atoms with Crippen LogP contribution in [0.3, 0.4) is 0 Å². The molecule has 1 heterocycles. The Balaban J connectivity index is 1.89. The third kappa shape index (κ3) is 3.89. The van der Waals surface area contributed by atoms with Gasteiger partial charge in [0.15, 0.2) is 0 Å². The molecule has 4 heteroatoms. The van der Waals surface area contributed by atoms with E-state index in [2.05, 4.69) is 6.92 Å². The molecule has 102 valence electrons. The van der Waals surface area contributed by atoms with Gasteiger partial charge in [-0.15, -0.1) is 0 Å². The Bertz CT molecular complexity index is 448. The number of nitrogens with one attached hydrogen (secondary N) is 1. The summed E-state index contributed by atoms with van der Waals surface area (Å²) in [7, 11) is 0. The fourth-order valence-electron chi connectivity index (χ4n) is 2.24. The summed E-state index contributed by atoms with van der Waals surface area (Å²) in [5.41, 5.74) is 0.840. The van der Waals surface area contributed by atoms with Crippen LogP contribution < -0.4 is 4.90 Å². The minimum Gasteiger partial charge on any atom is -0.332 e. The zero-order chi connectivity index (χ0) is 13.7. The van der Waals surface area contributed by atoms with Crippen LogP contribution in [0.2, 0.25) is 0 Å². The predicted molar refractivity (Wildman–Crippen MR) is 73.3 cm³/mol. The summed E-state index contributed by atoms with van der Waals surface area (Å²) in [6.45, 7) is 6.96. The number of piperazine rings is 1. The predicted octanol–water partition coefficient (Wildman–Crippen LogP) is 0.586. The largest absolute Gasteiger partial charge is 0.332 e. The summed E-state index contributed by atoms with van der Waals surface area (Å²) in [6, 6.07) is 6.12. The van der Waals surface area contributed by atoms with Gasteiger partial charge < -0.3 is 9.80 Å². The second kappa shape index (κ2) is 6.48. The SMILES string of the molecule is CC[NH+]1CCN(C(=O)C=Cc2ccc(F)cc2)CC1. The van der Waals surface area contributed by atoms with E-state index in [4.69, 9.17) is 0 Å². The zero-order valence-electron chi connectivity index (χ0n) is 11.2. The Morgan fingerprint density at radius 3 is 2.53 bits per heavy atom. The fourth-order valence-corrected chi connectivity index (χ4v) is 2.24. The summed E-state index contributed by atoms with van der Waals surface area (Å²) >= 11 is 0. The highest BCUT2D eigenvalue weighted by molar-refractivity contribution is 5.91. The lowest BCUT2D eigenvalue weighted by molar-refractivity contribution is -0.902. The van der Waals surface area contributed by atoms with E-state index in [9.17, 15) is 9.18 Å². The highest BCUT2D eigenvalue weighted by Gasteiger charge is 2.20. The molecule has 1 saturated heterocycles. The molecule has 0 bridgehead atoms.